The summed E-state index contributed by atoms with van der Waals surface area (Å²) in [6.45, 7) is 3.63. The molecule has 0 heterocycles. The summed E-state index contributed by atoms with van der Waals surface area (Å²) in [6, 6.07) is 8.74. The third-order valence-corrected chi connectivity index (χ3v) is 3.27. The van der Waals surface area contributed by atoms with Gasteiger partial charge in [0.15, 0.2) is 0 Å². The van der Waals surface area contributed by atoms with Crippen molar-refractivity contribution in [2.75, 3.05) is 5.32 Å². The second-order valence-corrected chi connectivity index (χ2v) is 4.87. The Labute approximate surface area is 121 Å². The molecule has 21 heavy (non-hydrogen) atoms. The number of nitro groups is 1. The first-order valence-electron chi connectivity index (χ1n) is 6.42. The van der Waals surface area contributed by atoms with Gasteiger partial charge in [-0.3, -0.25) is 10.1 Å². The van der Waals surface area contributed by atoms with Gasteiger partial charge in [-0.05, 0) is 37.6 Å². The number of nitrogens with zero attached hydrogens (tertiary/aromatic N) is 1. The molecule has 0 aliphatic carbocycles. The van der Waals surface area contributed by atoms with Gasteiger partial charge in [0.05, 0.1) is 11.0 Å². The summed E-state index contributed by atoms with van der Waals surface area (Å²) in [5, 5.41) is 33.0. The van der Waals surface area contributed by atoms with E-state index in [2.05, 4.69) is 5.32 Å². The zero-order valence-corrected chi connectivity index (χ0v) is 11.7. The second kappa shape index (κ2) is 5.70. The Morgan fingerprint density at radius 2 is 1.90 bits per heavy atom. The number of hydrogen-bond donors (Lipinski definition) is 3. The number of aryl methyl sites for hydroxylation is 1. The number of nitrogens with one attached hydrogen (secondary N) is 1. The number of rotatable bonds is 4. The molecule has 0 spiro atoms. The molecule has 1 unspecified atom stereocenters. The van der Waals surface area contributed by atoms with Crippen molar-refractivity contribution in [3.63, 3.8) is 0 Å². The van der Waals surface area contributed by atoms with E-state index in [0.717, 1.165) is 11.3 Å². The van der Waals surface area contributed by atoms with Crippen molar-refractivity contribution >= 4 is 11.4 Å². The number of phenolic OH excluding ortho intramolecular Hbond substituents is 2. The van der Waals surface area contributed by atoms with Crippen molar-refractivity contribution in [1.29, 1.82) is 0 Å². The predicted molar refractivity (Wildman–Crippen MR) is 79.6 cm³/mol. The number of phenols is 2. The molecule has 0 aromatic heterocycles. The highest BCUT2D eigenvalue weighted by atomic mass is 16.6. The lowest BCUT2D eigenvalue weighted by Crippen LogP contribution is -2.08. The first-order chi connectivity index (χ1) is 9.88. The molecule has 0 fully saturated rings. The van der Waals surface area contributed by atoms with E-state index in [0.29, 0.717) is 5.56 Å². The minimum absolute atomic E-state index is 0.00466. The summed E-state index contributed by atoms with van der Waals surface area (Å²) in [5.41, 5.74) is 2.17. The lowest BCUT2D eigenvalue weighted by Gasteiger charge is -2.18. The van der Waals surface area contributed by atoms with Crippen LogP contribution >= 0.6 is 0 Å². The molecule has 0 aliphatic rings. The lowest BCUT2D eigenvalue weighted by molar-refractivity contribution is -0.384. The molecule has 110 valence electrons. The standard InChI is InChI=1S/C15H16N2O4/c1-9-7-11(17(20)21)3-6-14(9)16-10(2)13-5-4-12(18)8-15(13)19/h3-8,10,16,18-19H,1-2H3. The first kappa shape index (κ1) is 14.6. The zero-order valence-electron chi connectivity index (χ0n) is 11.7. The van der Waals surface area contributed by atoms with Crippen molar-refractivity contribution in [2.45, 2.75) is 19.9 Å². The maximum atomic E-state index is 10.7. The third kappa shape index (κ3) is 3.22. The largest absolute Gasteiger partial charge is 0.508 e. The summed E-state index contributed by atoms with van der Waals surface area (Å²) < 4.78 is 0. The Bertz CT molecular complexity index is 685. The lowest BCUT2D eigenvalue weighted by atomic mass is 10.1. The number of anilines is 1. The molecule has 6 nitrogen and oxygen atoms in total. The van der Waals surface area contributed by atoms with Gasteiger partial charge in [-0.2, -0.15) is 0 Å². The van der Waals surface area contributed by atoms with E-state index in [-0.39, 0.29) is 23.2 Å². The van der Waals surface area contributed by atoms with Crippen LogP contribution in [0.4, 0.5) is 11.4 Å². The molecular formula is C15H16N2O4. The van der Waals surface area contributed by atoms with Crippen LogP contribution in [-0.2, 0) is 0 Å². The van der Waals surface area contributed by atoms with Crippen LogP contribution in [-0.4, -0.2) is 15.1 Å². The molecule has 0 amide bonds. The van der Waals surface area contributed by atoms with Gasteiger partial charge in [0.1, 0.15) is 11.5 Å². The van der Waals surface area contributed by atoms with Gasteiger partial charge >= 0.3 is 0 Å². The van der Waals surface area contributed by atoms with E-state index in [1.807, 2.05) is 6.92 Å². The van der Waals surface area contributed by atoms with E-state index < -0.39 is 4.92 Å². The van der Waals surface area contributed by atoms with Gasteiger partial charge in [-0.1, -0.05) is 0 Å². The van der Waals surface area contributed by atoms with Gasteiger partial charge in [-0.15, -0.1) is 0 Å². The summed E-state index contributed by atoms with van der Waals surface area (Å²) in [4.78, 5) is 10.3. The molecule has 0 aliphatic heterocycles. The zero-order chi connectivity index (χ0) is 15.6. The second-order valence-electron chi connectivity index (χ2n) is 4.87. The highest BCUT2D eigenvalue weighted by Gasteiger charge is 2.13. The molecule has 0 radical (unpaired) electrons. The van der Waals surface area contributed by atoms with Crippen LogP contribution < -0.4 is 5.32 Å². The van der Waals surface area contributed by atoms with Crippen molar-refractivity contribution in [1.82, 2.24) is 0 Å². The smallest absolute Gasteiger partial charge is 0.269 e. The van der Waals surface area contributed by atoms with E-state index in [1.165, 1.54) is 24.3 Å². The first-order valence-corrected chi connectivity index (χ1v) is 6.42. The number of non-ortho nitro benzene ring substituents is 1. The van der Waals surface area contributed by atoms with E-state index in [1.54, 1.807) is 19.1 Å². The van der Waals surface area contributed by atoms with Crippen LogP contribution in [0.15, 0.2) is 36.4 Å². The highest BCUT2D eigenvalue weighted by Crippen LogP contribution is 2.31. The van der Waals surface area contributed by atoms with Crippen LogP contribution in [0.1, 0.15) is 24.1 Å². The van der Waals surface area contributed by atoms with Crippen LogP contribution in [0.2, 0.25) is 0 Å². The van der Waals surface area contributed by atoms with Gasteiger partial charge in [0, 0.05) is 29.4 Å². The Hall–Kier alpha value is -2.76. The van der Waals surface area contributed by atoms with Crippen molar-refractivity contribution < 1.29 is 15.1 Å². The molecule has 3 N–H and O–H groups in total. The fourth-order valence-electron chi connectivity index (χ4n) is 2.13. The molecule has 2 aromatic rings. The van der Waals surface area contributed by atoms with E-state index in [4.69, 9.17) is 0 Å². The van der Waals surface area contributed by atoms with Crippen LogP contribution in [0.3, 0.4) is 0 Å². The monoisotopic (exact) mass is 288 g/mol. The molecule has 0 saturated heterocycles. The average Bonchev–Trinajstić information content (AvgIpc) is 2.40. The van der Waals surface area contributed by atoms with Crippen LogP contribution in [0.25, 0.3) is 0 Å². The Kier molecular flexibility index (Phi) is 3.98. The topological polar surface area (TPSA) is 95.6 Å². The Morgan fingerprint density at radius 3 is 2.48 bits per heavy atom. The molecule has 0 bridgehead atoms. The number of nitro benzene ring substituents is 1. The minimum Gasteiger partial charge on any atom is -0.508 e. The van der Waals surface area contributed by atoms with Crippen molar-refractivity contribution in [2.24, 2.45) is 0 Å². The predicted octanol–water partition coefficient (Wildman–Crippen LogP) is 3.49. The summed E-state index contributed by atoms with van der Waals surface area (Å²) in [5.74, 6) is -0.00969. The van der Waals surface area contributed by atoms with Gasteiger partial charge in [0.25, 0.3) is 5.69 Å². The van der Waals surface area contributed by atoms with Crippen LogP contribution in [0.5, 0.6) is 11.5 Å². The molecular weight excluding hydrogens is 272 g/mol. The van der Waals surface area contributed by atoms with E-state index in [9.17, 15) is 20.3 Å². The fourth-order valence-corrected chi connectivity index (χ4v) is 2.13. The van der Waals surface area contributed by atoms with Gasteiger partial charge in [0.2, 0.25) is 0 Å². The molecule has 2 rings (SSSR count). The van der Waals surface area contributed by atoms with Gasteiger partial charge in [-0.25, -0.2) is 0 Å². The minimum atomic E-state index is -0.438. The SMILES string of the molecule is Cc1cc([N+](=O)[O-])ccc1NC(C)c1ccc(O)cc1O. The van der Waals surface area contributed by atoms with Crippen LogP contribution in [0, 0.1) is 17.0 Å². The maximum absolute atomic E-state index is 10.7. The Morgan fingerprint density at radius 1 is 1.19 bits per heavy atom. The number of aromatic hydroxyl groups is 2. The molecule has 2 aromatic carbocycles. The van der Waals surface area contributed by atoms with Crippen molar-refractivity contribution in [3.05, 3.63) is 57.6 Å². The maximum Gasteiger partial charge on any atom is 0.269 e. The molecule has 1 atom stereocenters. The molecule has 6 heteroatoms. The Balaban J connectivity index is 2.23. The summed E-state index contributed by atoms with van der Waals surface area (Å²) >= 11 is 0. The van der Waals surface area contributed by atoms with E-state index >= 15 is 0 Å². The average molecular weight is 288 g/mol. The van der Waals surface area contributed by atoms with Gasteiger partial charge < -0.3 is 15.5 Å². The normalized spacial score (nSPS) is 11.9. The summed E-state index contributed by atoms with van der Waals surface area (Å²) in [6.07, 6.45) is 0. The van der Waals surface area contributed by atoms with Crippen molar-refractivity contribution in [3.8, 4) is 11.5 Å². The number of benzene rings is 2. The fraction of sp³-hybridized carbons (Fsp3) is 0.200. The molecule has 0 saturated carbocycles. The quantitative estimate of drug-likeness (QED) is 0.591. The highest BCUT2D eigenvalue weighted by molar-refractivity contribution is 5.57. The summed E-state index contributed by atoms with van der Waals surface area (Å²) in [7, 11) is 0. The third-order valence-electron chi connectivity index (χ3n) is 3.27. The number of hydrogen-bond acceptors (Lipinski definition) is 5.